The van der Waals surface area contributed by atoms with E-state index in [0.717, 1.165) is 11.1 Å². The number of hydrogen-bond donors (Lipinski definition) is 2. The van der Waals surface area contributed by atoms with Gasteiger partial charge in [-0.25, -0.2) is 0 Å². The molecule has 3 rings (SSSR count). The Morgan fingerprint density at radius 2 is 1.64 bits per heavy atom. The first-order valence-corrected chi connectivity index (χ1v) is 12.0. The van der Waals surface area contributed by atoms with Crippen molar-refractivity contribution in [1.82, 2.24) is 25.4 Å². The summed E-state index contributed by atoms with van der Waals surface area (Å²) in [6.07, 6.45) is 0. The van der Waals surface area contributed by atoms with Crippen LogP contribution in [0.5, 0.6) is 0 Å². The molecule has 2 atom stereocenters. The van der Waals surface area contributed by atoms with Gasteiger partial charge in [-0.05, 0) is 37.5 Å². The van der Waals surface area contributed by atoms with Gasteiger partial charge in [0.25, 0.3) is 5.91 Å². The van der Waals surface area contributed by atoms with Gasteiger partial charge in [-0.3, -0.25) is 9.59 Å². The third-order valence-corrected chi connectivity index (χ3v) is 6.44. The molecule has 0 aliphatic carbocycles. The molecule has 8 heteroatoms. The number of amides is 2. The molecule has 2 aromatic carbocycles. The van der Waals surface area contributed by atoms with E-state index in [0.29, 0.717) is 16.5 Å². The maximum atomic E-state index is 12.8. The number of thioether (sulfide) groups is 1. The molecule has 7 nitrogen and oxygen atoms in total. The lowest BCUT2D eigenvalue weighted by atomic mass is 10.0. The number of hydrogen-bond acceptors (Lipinski definition) is 5. The first-order valence-electron chi connectivity index (χ1n) is 11.0. The Hall–Kier alpha value is -3.13. The number of nitrogens with one attached hydrogen (secondary N) is 2. The Morgan fingerprint density at radius 1 is 0.970 bits per heavy atom. The van der Waals surface area contributed by atoms with E-state index in [2.05, 4.69) is 20.8 Å². The lowest BCUT2D eigenvalue weighted by Crippen LogP contribution is -2.33. The van der Waals surface area contributed by atoms with E-state index in [1.54, 1.807) is 0 Å². The molecule has 0 saturated carbocycles. The van der Waals surface area contributed by atoms with Crippen LogP contribution in [0.2, 0.25) is 0 Å². The van der Waals surface area contributed by atoms with E-state index in [1.165, 1.54) is 11.8 Å². The normalized spacial score (nSPS) is 12.9. The Bertz CT molecular complexity index is 1080. The predicted molar refractivity (Wildman–Crippen MR) is 131 cm³/mol. The summed E-state index contributed by atoms with van der Waals surface area (Å²) in [4.78, 5) is 25.2. The molecule has 174 valence electrons. The summed E-state index contributed by atoms with van der Waals surface area (Å²) in [6, 6.07) is 16.9. The second-order valence-corrected chi connectivity index (χ2v) is 9.39. The van der Waals surface area contributed by atoms with Crippen molar-refractivity contribution >= 4 is 23.6 Å². The van der Waals surface area contributed by atoms with E-state index in [9.17, 15) is 9.59 Å². The van der Waals surface area contributed by atoms with E-state index in [1.807, 2.05) is 93.9 Å². The van der Waals surface area contributed by atoms with Gasteiger partial charge in [-0.15, -0.1) is 10.2 Å². The molecule has 2 amide bonds. The van der Waals surface area contributed by atoms with E-state index >= 15 is 0 Å². The molecular formula is C25H31N5O2S. The van der Waals surface area contributed by atoms with Crippen molar-refractivity contribution in [2.45, 2.75) is 44.9 Å². The monoisotopic (exact) mass is 465 g/mol. The van der Waals surface area contributed by atoms with Crippen LogP contribution >= 0.6 is 11.8 Å². The fourth-order valence-electron chi connectivity index (χ4n) is 3.42. The van der Waals surface area contributed by atoms with Gasteiger partial charge in [0.2, 0.25) is 5.91 Å². The second kappa shape index (κ2) is 11.1. The summed E-state index contributed by atoms with van der Waals surface area (Å²) >= 11 is 1.32. The number of benzene rings is 2. The van der Waals surface area contributed by atoms with Gasteiger partial charge in [0.1, 0.15) is 0 Å². The van der Waals surface area contributed by atoms with Crippen LogP contribution in [-0.4, -0.2) is 32.3 Å². The van der Waals surface area contributed by atoms with Crippen LogP contribution in [0.3, 0.4) is 0 Å². The summed E-state index contributed by atoms with van der Waals surface area (Å²) in [6.45, 7) is 8.00. The average Bonchev–Trinajstić information content (AvgIpc) is 3.16. The van der Waals surface area contributed by atoms with E-state index in [4.69, 9.17) is 0 Å². The minimum absolute atomic E-state index is 0.0725. The Labute approximate surface area is 199 Å². The van der Waals surface area contributed by atoms with Crippen molar-refractivity contribution < 1.29 is 9.59 Å². The van der Waals surface area contributed by atoms with Gasteiger partial charge in [-0.1, -0.05) is 73.6 Å². The van der Waals surface area contributed by atoms with Crippen LogP contribution < -0.4 is 10.6 Å². The number of aryl methyl sites for hydroxylation is 1. The standard InChI is InChI=1S/C25H31N5O2S/c1-16(2)22(27-24(32)20-13-11-17(3)12-14-20)23-28-29-25(30(23)5)33-15-21(31)26-18(4)19-9-7-6-8-10-19/h6-14,16,18,22H,15H2,1-5H3,(H,26,31)(H,27,32)/t18-,22-/m1/s1. The summed E-state index contributed by atoms with van der Waals surface area (Å²) in [5.74, 6) is 0.765. The molecule has 0 aliphatic heterocycles. The molecule has 0 bridgehead atoms. The number of aromatic nitrogens is 3. The first kappa shape index (κ1) is 24.5. The zero-order chi connectivity index (χ0) is 24.0. The molecule has 1 aromatic heterocycles. The highest BCUT2D eigenvalue weighted by atomic mass is 32.2. The molecule has 0 unspecified atom stereocenters. The molecule has 33 heavy (non-hydrogen) atoms. The summed E-state index contributed by atoms with van der Waals surface area (Å²) < 4.78 is 1.85. The van der Waals surface area contributed by atoms with Crippen LogP contribution in [0.25, 0.3) is 0 Å². The fraction of sp³-hybridized carbons (Fsp3) is 0.360. The molecular weight excluding hydrogens is 434 g/mol. The van der Waals surface area contributed by atoms with Gasteiger partial charge in [0.15, 0.2) is 11.0 Å². The van der Waals surface area contributed by atoms with Crippen LogP contribution in [0.1, 0.15) is 60.2 Å². The molecule has 0 fully saturated rings. The van der Waals surface area contributed by atoms with Crippen LogP contribution in [0.4, 0.5) is 0 Å². The average molecular weight is 466 g/mol. The van der Waals surface area contributed by atoms with Gasteiger partial charge in [0.05, 0.1) is 17.8 Å². The van der Waals surface area contributed by atoms with Gasteiger partial charge >= 0.3 is 0 Å². The lowest BCUT2D eigenvalue weighted by molar-refractivity contribution is -0.119. The van der Waals surface area contributed by atoms with Crippen LogP contribution in [-0.2, 0) is 11.8 Å². The molecule has 2 N–H and O–H groups in total. The Balaban J connectivity index is 1.63. The van der Waals surface area contributed by atoms with Gasteiger partial charge in [0, 0.05) is 12.6 Å². The Kier molecular flexibility index (Phi) is 8.27. The van der Waals surface area contributed by atoms with Crippen molar-refractivity contribution in [1.29, 1.82) is 0 Å². The maximum Gasteiger partial charge on any atom is 0.251 e. The zero-order valence-corrected chi connectivity index (χ0v) is 20.5. The van der Waals surface area contributed by atoms with Crippen molar-refractivity contribution in [3.63, 3.8) is 0 Å². The largest absolute Gasteiger partial charge is 0.349 e. The van der Waals surface area contributed by atoms with Crippen LogP contribution in [0.15, 0.2) is 59.8 Å². The molecule has 0 saturated heterocycles. The van der Waals surface area contributed by atoms with E-state index < -0.39 is 0 Å². The third-order valence-electron chi connectivity index (χ3n) is 5.42. The number of rotatable bonds is 9. The lowest BCUT2D eigenvalue weighted by Gasteiger charge is -2.21. The van der Waals surface area contributed by atoms with Gasteiger partial charge < -0.3 is 15.2 Å². The van der Waals surface area contributed by atoms with Crippen molar-refractivity contribution in [2.24, 2.45) is 13.0 Å². The molecule has 0 spiro atoms. The summed E-state index contributed by atoms with van der Waals surface area (Å²) in [5.41, 5.74) is 2.76. The van der Waals surface area contributed by atoms with Gasteiger partial charge in [-0.2, -0.15) is 0 Å². The van der Waals surface area contributed by atoms with Crippen molar-refractivity contribution in [3.05, 3.63) is 77.1 Å². The minimum atomic E-state index is -0.308. The molecule has 0 radical (unpaired) electrons. The number of carbonyl (C=O) groups excluding carboxylic acids is 2. The molecule has 0 aliphatic rings. The van der Waals surface area contributed by atoms with E-state index in [-0.39, 0.29) is 35.6 Å². The zero-order valence-electron chi connectivity index (χ0n) is 19.7. The SMILES string of the molecule is Cc1ccc(C(=O)N[C@@H](c2nnc(SCC(=O)N[C@H](C)c3ccccc3)n2C)C(C)C)cc1. The molecule has 1 heterocycles. The first-order chi connectivity index (χ1) is 15.8. The summed E-state index contributed by atoms with van der Waals surface area (Å²) in [5, 5.41) is 15.3. The maximum absolute atomic E-state index is 12.8. The Morgan fingerprint density at radius 3 is 2.27 bits per heavy atom. The molecule has 3 aromatic rings. The minimum Gasteiger partial charge on any atom is -0.349 e. The highest BCUT2D eigenvalue weighted by Gasteiger charge is 2.25. The summed E-state index contributed by atoms with van der Waals surface area (Å²) in [7, 11) is 1.86. The van der Waals surface area contributed by atoms with Crippen molar-refractivity contribution in [3.8, 4) is 0 Å². The topological polar surface area (TPSA) is 88.9 Å². The highest BCUT2D eigenvalue weighted by Crippen LogP contribution is 2.24. The van der Waals surface area contributed by atoms with Crippen molar-refractivity contribution in [2.75, 3.05) is 5.75 Å². The third kappa shape index (κ3) is 6.44. The second-order valence-electron chi connectivity index (χ2n) is 8.45. The number of nitrogens with zero attached hydrogens (tertiary/aromatic N) is 3. The predicted octanol–water partition coefficient (Wildman–Crippen LogP) is 4.22. The van der Waals surface area contributed by atoms with Crippen LogP contribution in [0, 0.1) is 12.8 Å². The highest BCUT2D eigenvalue weighted by molar-refractivity contribution is 7.99. The smallest absolute Gasteiger partial charge is 0.251 e. The fourth-order valence-corrected chi connectivity index (χ4v) is 4.15. The quantitative estimate of drug-likeness (QED) is 0.462. The number of carbonyl (C=O) groups is 2.